The van der Waals surface area contributed by atoms with Crippen molar-refractivity contribution >= 4 is 17.7 Å². The summed E-state index contributed by atoms with van der Waals surface area (Å²) in [5.74, 6) is -2.43. The molecule has 0 heterocycles. The first-order valence-electron chi connectivity index (χ1n) is 16.2. The fourth-order valence-corrected chi connectivity index (χ4v) is 10.8. The Bertz CT molecular complexity index is 1410. The van der Waals surface area contributed by atoms with Gasteiger partial charge in [0.2, 0.25) is 5.91 Å². The van der Waals surface area contributed by atoms with Gasteiger partial charge < -0.3 is 15.2 Å². The van der Waals surface area contributed by atoms with Crippen LogP contribution in [0.1, 0.15) is 93.4 Å². The molecule has 0 saturated heterocycles. The average Bonchev–Trinajstić information content (AvgIpc) is 2.93. The van der Waals surface area contributed by atoms with E-state index >= 15 is 0 Å². The zero-order valence-corrected chi connectivity index (χ0v) is 27.5. The molecule has 248 valence electrons. The van der Waals surface area contributed by atoms with Crippen molar-refractivity contribution in [1.29, 1.82) is 5.26 Å². The van der Waals surface area contributed by atoms with Gasteiger partial charge in [-0.2, -0.15) is 18.4 Å². The molecule has 45 heavy (non-hydrogen) atoms. The van der Waals surface area contributed by atoms with Crippen molar-refractivity contribution in [2.24, 2.45) is 50.2 Å². The summed E-state index contributed by atoms with van der Waals surface area (Å²) in [5.41, 5.74) is -3.11. The number of halogens is 3. The lowest BCUT2D eigenvalue weighted by Gasteiger charge is -2.69. The van der Waals surface area contributed by atoms with Crippen molar-refractivity contribution in [2.45, 2.75) is 106 Å². The number of esters is 1. The first-order chi connectivity index (χ1) is 20.6. The molecule has 5 aliphatic rings. The minimum Gasteiger partial charge on any atom is -0.465 e. The number of rotatable bonds is 4. The maximum Gasteiger partial charge on any atom is 0.405 e. The summed E-state index contributed by atoms with van der Waals surface area (Å²) in [6, 6.07) is 2.16. The zero-order chi connectivity index (χ0) is 33.6. The standard InChI is InChI=1S/C35H47F3N2O5/c1-20(41)45-19-31(5)24-8-9-32(6)25(30(24,4)15-21(17-39)27(31)43)14-23(42)26-22-16-29(2,3)10-12-34(22,13-11-33(26,32)7)28(44)40-18-35(36,37)38/h14-15,22,24,26-27,43H,8-13,16,18-19H2,1-7H3,(H,40,44)/t22?,24?,26?,27?,30-,31-,32+,33+,34-/m0/s1. The van der Waals surface area contributed by atoms with Crippen LogP contribution in [0.15, 0.2) is 23.3 Å². The maximum absolute atomic E-state index is 14.6. The van der Waals surface area contributed by atoms with E-state index in [0.717, 1.165) is 5.57 Å². The molecule has 9 atom stereocenters. The molecule has 3 fully saturated rings. The van der Waals surface area contributed by atoms with Gasteiger partial charge in [-0.3, -0.25) is 14.4 Å². The number of allylic oxidation sites excluding steroid dienone is 3. The van der Waals surface area contributed by atoms with E-state index in [-0.39, 0.29) is 29.3 Å². The molecule has 0 aromatic rings. The van der Waals surface area contributed by atoms with Crippen molar-refractivity contribution in [3.8, 4) is 6.07 Å². The smallest absolute Gasteiger partial charge is 0.405 e. The van der Waals surface area contributed by atoms with Gasteiger partial charge in [0.25, 0.3) is 0 Å². The van der Waals surface area contributed by atoms with Gasteiger partial charge in [0.15, 0.2) is 5.78 Å². The molecule has 10 heteroatoms. The second-order valence-electron chi connectivity index (χ2n) is 16.4. The topological polar surface area (TPSA) is 116 Å². The second kappa shape index (κ2) is 10.4. The Morgan fingerprint density at radius 1 is 1.09 bits per heavy atom. The van der Waals surface area contributed by atoms with Crippen LogP contribution in [0, 0.1) is 61.6 Å². The van der Waals surface area contributed by atoms with Crippen molar-refractivity contribution < 1.29 is 37.4 Å². The molecule has 5 aliphatic carbocycles. The molecule has 2 N–H and O–H groups in total. The van der Waals surface area contributed by atoms with Crippen LogP contribution >= 0.6 is 0 Å². The average molecular weight is 633 g/mol. The lowest BCUT2D eigenvalue weighted by molar-refractivity contribution is -0.184. The van der Waals surface area contributed by atoms with E-state index in [1.54, 1.807) is 12.2 Å². The molecule has 0 aliphatic heterocycles. The highest BCUT2D eigenvalue weighted by molar-refractivity contribution is 5.96. The molecule has 0 spiro atoms. The van der Waals surface area contributed by atoms with Gasteiger partial charge in [0.05, 0.1) is 29.8 Å². The number of carbonyl (C=O) groups excluding carboxylic acids is 3. The fourth-order valence-electron chi connectivity index (χ4n) is 10.8. The summed E-state index contributed by atoms with van der Waals surface area (Å²) in [6.45, 7) is 12.2. The summed E-state index contributed by atoms with van der Waals surface area (Å²) in [7, 11) is 0. The molecule has 0 aromatic carbocycles. The summed E-state index contributed by atoms with van der Waals surface area (Å²) in [5, 5.41) is 23.7. The van der Waals surface area contributed by atoms with Crippen LogP contribution in [0.5, 0.6) is 0 Å². The number of hydrogen-bond donors (Lipinski definition) is 2. The lowest BCUT2D eigenvalue weighted by Crippen LogP contribution is -2.67. The number of nitrogens with one attached hydrogen (secondary N) is 1. The summed E-state index contributed by atoms with van der Waals surface area (Å²) < 4.78 is 45.1. The number of ether oxygens (including phenoxy) is 1. The number of amides is 1. The number of carbonyl (C=O) groups is 3. The molecular formula is C35H47F3N2O5. The zero-order valence-electron chi connectivity index (χ0n) is 27.5. The predicted molar refractivity (Wildman–Crippen MR) is 160 cm³/mol. The van der Waals surface area contributed by atoms with Crippen LogP contribution in [0.3, 0.4) is 0 Å². The highest BCUT2D eigenvalue weighted by Crippen LogP contribution is 2.74. The maximum atomic E-state index is 14.6. The third kappa shape index (κ3) is 4.89. The van der Waals surface area contributed by atoms with Crippen molar-refractivity contribution in [3.63, 3.8) is 0 Å². The number of hydrogen-bond acceptors (Lipinski definition) is 6. The van der Waals surface area contributed by atoms with E-state index in [2.05, 4.69) is 39.1 Å². The molecule has 0 radical (unpaired) electrons. The first kappa shape index (κ1) is 33.7. The number of alkyl halides is 3. The van der Waals surface area contributed by atoms with E-state index in [9.17, 15) is 37.9 Å². The summed E-state index contributed by atoms with van der Waals surface area (Å²) >= 11 is 0. The SMILES string of the molecule is CC(=O)OC[C@]1(C)C(O)C(C#N)=C[C@]2(C)C3=CC(=O)C4C5CC(C)(C)CC[C@]5(C(=O)NCC(F)(F)F)CC[C@@]4(C)[C@]3(C)CCC12. The van der Waals surface area contributed by atoms with Gasteiger partial charge in [0.1, 0.15) is 6.54 Å². The van der Waals surface area contributed by atoms with Gasteiger partial charge >= 0.3 is 12.1 Å². The Hall–Kier alpha value is -2.67. The van der Waals surface area contributed by atoms with Gasteiger partial charge in [-0.1, -0.05) is 53.2 Å². The minimum absolute atomic E-state index is 0.0761. The Kier molecular flexibility index (Phi) is 7.80. The molecule has 4 unspecified atom stereocenters. The normalized spacial score (nSPS) is 43.6. The van der Waals surface area contributed by atoms with Crippen molar-refractivity contribution in [1.82, 2.24) is 5.32 Å². The minimum atomic E-state index is -4.54. The summed E-state index contributed by atoms with van der Waals surface area (Å²) in [6.07, 6.45) is 1.69. The highest BCUT2D eigenvalue weighted by atomic mass is 19.4. The van der Waals surface area contributed by atoms with Gasteiger partial charge in [-0.15, -0.1) is 0 Å². The van der Waals surface area contributed by atoms with E-state index in [1.165, 1.54) is 6.92 Å². The molecule has 7 nitrogen and oxygen atoms in total. The van der Waals surface area contributed by atoms with Gasteiger partial charge in [-0.05, 0) is 79.1 Å². The number of nitrogens with zero attached hydrogens (tertiary/aromatic N) is 1. The quantitative estimate of drug-likeness (QED) is 0.356. The van der Waals surface area contributed by atoms with Crippen LogP contribution in [-0.2, 0) is 19.1 Å². The number of aliphatic hydroxyl groups excluding tert-OH is 1. The number of ketones is 1. The van der Waals surface area contributed by atoms with Crippen LogP contribution in [0.2, 0.25) is 0 Å². The van der Waals surface area contributed by atoms with Crippen molar-refractivity contribution in [3.05, 3.63) is 23.3 Å². The molecule has 0 bridgehead atoms. The van der Waals surface area contributed by atoms with Crippen LogP contribution in [0.4, 0.5) is 13.2 Å². The molecule has 5 rings (SSSR count). The first-order valence-corrected chi connectivity index (χ1v) is 16.2. The second-order valence-corrected chi connectivity index (χ2v) is 16.4. The number of fused-ring (bicyclic) bond motifs is 7. The van der Waals surface area contributed by atoms with Gasteiger partial charge in [0, 0.05) is 23.7 Å². The Balaban J connectivity index is 1.63. The number of nitriles is 1. The highest BCUT2D eigenvalue weighted by Gasteiger charge is 2.71. The summed E-state index contributed by atoms with van der Waals surface area (Å²) in [4.78, 5) is 40.2. The largest absolute Gasteiger partial charge is 0.465 e. The third-order valence-electron chi connectivity index (χ3n) is 13.4. The van der Waals surface area contributed by atoms with Crippen LogP contribution in [-0.4, -0.2) is 48.2 Å². The number of aliphatic hydroxyl groups is 1. The van der Waals surface area contributed by atoms with E-state index in [1.807, 2.05) is 13.8 Å². The van der Waals surface area contributed by atoms with E-state index in [4.69, 9.17) is 4.74 Å². The third-order valence-corrected chi connectivity index (χ3v) is 13.4. The molecule has 1 amide bonds. The fraction of sp³-hybridized carbons (Fsp3) is 0.771. The monoisotopic (exact) mass is 632 g/mol. The Labute approximate surface area is 264 Å². The van der Waals surface area contributed by atoms with E-state index < -0.39 is 69.6 Å². The van der Waals surface area contributed by atoms with Crippen molar-refractivity contribution in [2.75, 3.05) is 13.2 Å². The van der Waals surface area contributed by atoms with Crippen LogP contribution in [0.25, 0.3) is 0 Å². The molecule has 3 saturated carbocycles. The lowest BCUT2D eigenvalue weighted by atomic mass is 9.34. The molecule has 0 aromatic heterocycles. The van der Waals surface area contributed by atoms with Crippen LogP contribution < -0.4 is 5.32 Å². The molecular weight excluding hydrogens is 585 g/mol. The predicted octanol–water partition coefficient (Wildman–Crippen LogP) is 6.22. The Morgan fingerprint density at radius 2 is 1.73 bits per heavy atom. The van der Waals surface area contributed by atoms with Gasteiger partial charge in [-0.25, -0.2) is 0 Å². The van der Waals surface area contributed by atoms with E-state index in [0.29, 0.717) is 44.9 Å². The Morgan fingerprint density at radius 3 is 2.33 bits per heavy atom.